The van der Waals surface area contributed by atoms with E-state index in [0.717, 1.165) is 35.8 Å². The molecule has 2 saturated heterocycles. The summed E-state index contributed by atoms with van der Waals surface area (Å²) in [6.45, 7) is 4.05. The van der Waals surface area contributed by atoms with Gasteiger partial charge in [0.05, 0.1) is 30.5 Å². The molecule has 156 valence electrons. The van der Waals surface area contributed by atoms with Gasteiger partial charge in [0.25, 0.3) is 5.91 Å². The van der Waals surface area contributed by atoms with Crippen LogP contribution in [0.25, 0.3) is 6.08 Å². The fourth-order valence-electron chi connectivity index (χ4n) is 3.58. The van der Waals surface area contributed by atoms with Crippen LogP contribution in [0.3, 0.4) is 0 Å². The Hall–Kier alpha value is -2.93. The molecule has 4 rings (SSSR count). The number of methoxy groups -OCH3 is 2. The van der Waals surface area contributed by atoms with E-state index in [1.54, 1.807) is 14.2 Å². The van der Waals surface area contributed by atoms with E-state index < -0.39 is 0 Å². The van der Waals surface area contributed by atoms with Crippen LogP contribution in [0, 0.1) is 6.92 Å². The summed E-state index contributed by atoms with van der Waals surface area (Å²) in [5, 5.41) is 3.40. The molecule has 1 amide bonds. The second-order valence-corrected chi connectivity index (χ2v) is 8.31. The quantitative estimate of drug-likeness (QED) is 0.717. The van der Waals surface area contributed by atoms with Gasteiger partial charge in [0, 0.05) is 24.7 Å². The lowest BCUT2D eigenvalue weighted by atomic mass is 10.1. The van der Waals surface area contributed by atoms with Gasteiger partial charge in [-0.15, -0.1) is 0 Å². The van der Waals surface area contributed by atoms with Gasteiger partial charge in [-0.25, -0.2) is 4.99 Å². The zero-order chi connectivity index (χ0) is 21.1. The lowest BCUT2D eigenvalue weighted by Crippen LogP contribution is -2.19. The molecule has 0 saturated carbocycles. The number of hydrogen-bond donors (Lipinski definition) is 1. The fraction of sp³-hybridized carbons (Fsp3) is 0.304. The van der Waals surface area contributed by atoms with E-state index in [1.807, 2.05) is 49.4 Å². The van der Waals surface area contributed by atoms with Crippen molar-refractivity contribution >= 4 is 40.3 Å². The largest absolute Gasteiger partial charge is 0.496 e. The van der Waals surface area contributed by atoms with Crippen molar-refractivity contribution in [2.75, 3.05) is 32.2 Å². The van der Waals surface area contributed by atoms with Gasteiger partial charge in [-0.2, -0.15) is 0 Å². The van der Waals surface area contributed by atoms with Crippen molar-refractivity contribution < 1.29 is 14.3 Å². The fourth-order valence-corrected chi connectivity index (χ4v) is 4.41. The predicted octanol–water partition coefficient (Wildman–Crippen LogP) is 4.50. The maximum Gasteiger partial charge on any atom is 0.264 e. The van der Waals surface area contributed by atoms with Crippen molar-refractivity contribution in [3.8, 4) is 11.5 Å². The molecule has 0 aliphatic carbocycles. The summed E-state index contributed by atoms with van der Waals surface area (Å²) in [6.07, 6.45) is 4.18. The van der Waals surface area contributed by atoms with Crippen molar-refractivity contribution in [2.45, 2.75) is 19.8 Å². The molecule has 0 atom stereocenters. The maximum absolute atomic E-state index is 12.5. The van der Waals surface area contributed by atoms with Crippen LogP contribution in [0.1, 0.15) is 24.0 Å². The number of nitrogens with zero attached hydrogens (tertiary/aromatic N) is 2. The number of benzene rings is 2. The number of anilines is 1. The number of carbonyl (C=O) groups is 1. The summed E-state index contributed by atoms with van der Waals surface area (Å²) in [5.74, 6) is 1.32. The minimum Gasteiger partial charge on any atom is -0.496 e. The Kier molecular flexibility index (Phi) is 5.99. The molecule has 0 spiro atoms. The van der Waals surface area contributed by atoms with E-state index in [-0.39, 0.29) is 5.91 Å². The summed E-state index contributed by atoms with van der Waals surface area (Å²) in [5.41, 5.74) is 3.80. The molecular formula is C23H25N3O3S. The van der Waals surface area contributed by atoms with Crippen LogP contribution in [0.4, 0.5) is 11.4 Å². The summed E-state index contributed by atoms with van der Waals surface area (Å²) in [4.78, 5) is 19.9. The minimum atomic E-state index is -0.171. The zero-order valence-corrected chi connectivity index (χ0v) is 18.2. The third kappa shape index (κ3) is 4.31. The highest BCUT2D eigenvalue weighted by Gasteiger charge is 2.25. The van der Waals surface area contributed by atoms with Crippen LogP contribution in [-0.2, 0) is 4.79 Å². The van der Waals surface area contributed by atoms with Gasteiger partial charge >= 0.3 is 0 Å². The summed E-state index contributed by atoms with van der Waals surface area (Å²) in [7, 11) is 3.31. The van der Waals surface area contributed by atoms with Crippen LogP contribution >= 0.6 is 11.8 Å². The van der Waals surface area contributed by atoms with Crippen molar-refractivity contribution in [3.05, 3.63) is 52.4 Å². The van der Waals surface area contributed by atoms with Crippen molar-refractivity contribution in [3.63, 3.8) is 0 Å². The normalized spacial score (nSPS) is 18.9. The van der Waals surface area contributed by atoms with Gasteiger partial charge in [0.15, 0.2) is 5.17 Å². The number of ether oxygens (including phenoxy) is 2. The van der Waals surface area contributed by atoms with Gasteiger partial charge in [-0.05, 0) is 55.8 Å². The first kappa shape index (κ1) is 20.3. The third-order valence-corrected chi connectivity index (χ3v) is 6.09. The zero-order valence-electron chi connectivity index (χ0n) is 17.4. The monoisotopic (exact) mass is 423 g/mol. The van der Waals surface area contributed by atoms with Crippen LogP contribution in [0.15, 0.2) is 46.3 Å². The van der Waals surface area contributed by atoms with Crippen molar-refractivity contribution in [2.24, 2.45) is 4.99 Å². The first-order valence-corrected chi connectivity index (χ1v) is 10.8. The number of hydrogen-bond acceptors (Lipinski definition) is 6. The minimum absolute atomic E-state index is 0.171. The second kappa shape index (κ2) is 8.83. The van der Waals surface area contributed by atoms with Crippen LogP contribution in [-0.4, -0.2) is 38.4 Å². The topological polar surface area (TPSA) is 63.2 Å². The Morgan fingerprint density at radius 1 is 1.07 bits per heavy atom. The van der Waals surface area contributed by atoms with E-state index >= 15 is 0 Å². The summed E-state index contributed by atoms with van der Waals surface area (Å²) in [6, 6.07) is 11.8. The Morgan fingerprint density at radius 3 is 2.43 bits per heavy atom. The molecule has 0 unspecified atom stereocenters. The van der Waals surface area contributed by atoms with Gasteiger partial charge < -0.3 is 19.7 Å². The number of carbonyl (C=O) groups excluding carboxylic acids is 1. The Morgan fingerprint density at radius 2 is 1.77 bits per heavy atom. The molecule has 2 heterocycles. The second-order valence-electron chi connectivity index (χ2n) is 7.28. The molecule has 0 aromatic heterocycles. The number of amides is 1. The number of thioether (sulfide) groups is 1. The standard InChI is InChI=1S/C23H25N3O3S/c1-15-6-8-17(9-7-15)24-23-25-22(27)21(30-23)13-16-12-20(29-3)18(14-19(16)28-2)26-10-4-5-11-26/h6-9,12-14H,4-5,10-11H2,1-3H3,(H,24,25,27)/b21-13-. The number of amidine groups is 1. The van der Waals surface area contributed by atoms with E-state index in [9.17, 15) is 4.79 Å². The third-order valence-electron chi connectivity index (χ3n) is 5.18. The molecule has 2 aromatic rings. The molecule has 0 bridgehead atoms. The predicted molar refractivity (Wildman–Crippen MR) is 123 cm³/mol. The number of rotatable bonds is 5. The molecule has 30 heavy (non-hydrogen) atoms. The number of nitrogens with one attached hydrogen (secondary N) is 1. The maximum atomic E-state index is 12.5. The number of aryl methyl sites for hydroxylation is 1. The smallest absolute Gasteiger partial charge is 0.264 e. The highest BCUT2D eigenvalue weighted by Crippen LogP contribution is 2.39. The van der Waals surface area contributed by atoms with Gasteiger partial charge in [-0.3, -0.25) is 4.79 Å². The van der Waals surface area contributed by atoms with Gasteiger partial charge in [0.1, 0.15) is 11.5 Å². The van der Waals surface area contributed by atoms with E-state index in [0.29, 0.717) is 15.8 Å². The molecule has 2 aromatic carbocycles. The Balaban J connectivity index is 1.63. The van der Waals surface area contributed by atoms with E-state index in [1.165, 1.54) is 30.2 Å². The summed E-state index contributed by atoms with van der Waals surface area (Å²) >= 11 is 1.32. The average molecular weight is 424 g/mol. The van der Waals surface area contributed by atoms with Gasteiger partial charge in [-0.1, -0.05) is 17.7 Å². The molecule has 2 aliphatic heterocycles. The Labute approximate surface area is 181 Å². The van der Waals surface area contributed by atoms with Crippen LogP contribution in [0.2, 0.25) is 0 Å². The summed E-state index contributed by atoms with van der Waals surface area (Å²) < 4.78 is 11.3. The van der Waals surface area contributed by atoms with Gasteiger partial charge in [0.2, 0.25) is 0 Å². The van der Waals surface area contributed by atoms with Crippen molar-refractivity contribution in [1.82, 2.24) is 5.32 Å². The Bertz CT molecular complexity index is 1010. The van der Waals surface area contributed by atoms with E-state index in [2.05, 4.69) is 15.2 Å². The lowest BCUT2D eigenvalue weighted by Gasteiger charge is -2.22. The van der Waals surface area contributed by atoms with Crippen LogP contribution in [0.5, 0.6) is 11.5 Å². The van der Waals surface area contributed by atoms with E-state index in [4.69, 9.17) is 9.47 Å². The molecule has 7 heteroatoms. The SMILES string of the molecule is COc1cc(N2CCCC2)c(OC)cc1/C=C1\SC(=Nc2ccc(C)cc2)NC1=O. The molecule has 2 fully saturated rings. The first-order chi connectivity index (χ1) is 14.6. The average Bonchev–Trinajstić information content (AvgIpc) is 3.40. The first-order valence-electron chi connectivity index (χ1n) is 9.94. The molecule has 1 N–H and O–H groups in total. The highest BCUT2D eigenvalue weighted by molar-refractivity contribution is 8.18. The lowest BCUT2D eigenvalue weighted by molar-refractivity contribution is -0.115. The van der Waals surface area contributed by atoms with Crippen LogP contribution < -0.4 is 19.7 Å². The highest BCUT2D eigenvalue weighted by atomic mass is 32.2. The van der Waals surface area contributed by atoms with Crippen molar-refractivity contribution in [1.29, 1.82) is 0 Å². The molecule has 2 aliphatic rings. The number of aliphatic imine (C=N–C) groups is 1. The molecular weight excluding hydrogens is 398 g/mol. The molecule has 0 radical (unpaired) electrons. The molecule has 6 nitrogen and oxygen atoms in total.